The zero-order valence-electron chi connectivity index (χ0n) is 11.8. The Morgan fingerprint density at radius 1 is 1.00 bits per heavy atom. The Labute approximate surface area is 107 Å². The van der Waals surface area contributed by atoms with E-state index in [0.29, 0.717) is 0 Å². The summed E-state index contributed by atoms with van der Waals surface area (Å²) in [5.41, 5.74) is 0. The van der Waals surface area contributed by atoms with E-state index in [4.69, 9.17) is 0 Å². The molecule has 0 bridgehead atoms. The summed E-state index contributed by atoms with van der Waals surface area (Å²) in [6.07, 6.45) is 12.7. The van der Waals surface area contributed by atoms with E-state index >= 15 is 0 Å². The van der Waals surface area contributed by atoms with Crippen LogP contribution in [-0.2, 0) is 0 Å². The molecule has 100 valence electrons. The third-order valence-corrected chi connectivity index (χ3v) is 4.81. The molecule has 2 unspecified atom stereocenters. The molecule has 0 heterocycles. The summed E-state index contributed by atoms with van der Waals surface area (Å²) in [5.74, 6) is 0. The number of nitrogens with one attached hydrogen (secondary N) is 1. The van der Waals surface area contributed by atoms with Gasteiger partial charge >= 0.3 is 0 Å². The molecule has 0 aliphatic heterocycles. The summed E-state index contributed by atoms with van der Waals surface area (Å²) in [6.45, 7) is 3.46. The van der Waals surface area contributed by atoms with Crippen molar-refractivity contribution in [2.24, 2.45) is 0 Å². The van der Waals surface area contributed by atoms with Gasteiger partial charge in [-0.2, -0.15) is 0 Å². The molecule has 0 saturated heterocycles. The maximum Gasteiger partial charge on any atom is 0.0110 e. The van der Waals surface area contributed by atoms with Gasteiger partial charge in [0.05, 0.1) is 0 Å². The zero-order valence-corrected chi connectivity index (χ0v) is 11.8. The lowest BCUT2D eigenvalue weighted by molar-refractivity contribution is 0.124. The van der Waals surface area contributed by atoms with Crippen LogP contribution in [0.5, 0.6) is 0 Å². The van der Waals surface area contributed by atoms with E-state index in [0.717, 1.165) is 18.1 Å². The average molecular weight is 238 g/mol. The third-order valence-electron chi connectivity index (χ3n) is 4.81. The highest BCUT2D eigenvalue weighted by Crippen LogP contribution is 2.29. The first-order valence-electron chi connectivity index (χ1n) is 7.76. The van der Waals surface area contributed by atoms with Gasteiger partial charge in [0.2, 0.25) is 0 Å². The van der Waals surface area contributed by atoms with Crippen molar-refractivity contribution >= 4 is 0 Å². The van der Waals surface area contributed by atoms with Crippen LogP contribution in [0, 0.1) is 0 Å². The number of hydrogen-bond donors (Lipinski definition) is 1. The van der Waals surface area contributed by atoms with Gasteiger partial charge in [0.15, 0.2) is 0 Å². The van der Waals surface area contributed by atoms with Crippen LogP contribution in [0.1, 0.15) is 64.7 Å². The first-order chi connectivity index (χ1) is 8.31. The summed E-state index contributed by atoms with van der Waals surface area (Å²) in [5, 5.41) is 3.72. The summed E-state index contributed by atoms with van der Waals surface area (Å²) < 4.78 is 0. The van der Waals surface area contributed by atoms with Gasteiger partial charge in [-0.1, -0.05) is 26.2 Å². The van der Waals surface area contributed by atoms with Crippen LogP contribution in [0.3, 0.4) is 0 Å². The Kier molecular flexibility index (Phi) is 5.30. The van der Waals surface area contributed by atoms with E-state index < -0.39 is 0 Å². The number of hydrogen-bond acceptors (Lipinski definition) is 2. The minimum Gasteiger partial charge on any atom is -0.314 e. The fraction of sp³-hybridized carbons (Fsp3) is 1.00. The van der Waals surface area contributed by atoms with Gasteiger partial charge in [0.1, 0.15) is 0 Å². The van der Waals surface area contributed by atoms with Crippen LogP contribution >= 0.6 is 0 Å². The molecule has 0 amide bonds. The molecule has 2 nitrogen and oxygen atoms in total. The predicted octanol–water partition coefficient (Wildman–Crippen LogP) is 3.17. The summed E-state index contributed by atoms with van der Waals surface area (Å²) in [6, 6.07) is 2.53. The van der Waals surface area contributed by atoms with E-state index in [9.17, 15) is 0 Å². The maximum absolute atomic E-state index is 3.72. The fourth-order valence-corrected chi connectivity index (χ4v) is 3.68. The van der Waals surface area contributed by atoms with Crippen molar-refractivity contribution < 1.29 is 0 Å². The van der Waals surface area contributed by atoms with Crippen molar-refractivity contribution in [3.63, 3.8) is 0 Å². The molecule has 2 aliphatic rings. The van der Waals surface area contributed by atoms with Crippen LogP contribution in [0.25, 0.3) is 0 Å². The van der Waals surface area contributed by atoms with Gasteiger partial charge in [-0.15, -0.1) is 0 Å². The molecule has 2 fully saturated rings. The van der Waals surface area contributed by atoms with Crippen molar-refractivity contribution in [3.8, 4) is 0 Å². The second-order valence-electron chi connectivity index (χ2n) is 6.08. The first-order valence-corrected chi connectivity index (χ1v) is 7.76. The zero-order chi connectivity index (χ0) is 12.1. The lowest BCUT2D eigenvalue weighted by atomic mass is 9.89. The van der Waals surface area contributed by atoms with Gasteiger partial charge in [-0.25, -0.2) is 0 Å². The van der Waals surface area contributed by atoms with Gasteiger partial charge in [-0.3, -0.25) is 0 Å². The van der Waals surface area contributed by atoms with Crippen LogP contribution in [-0.4, -0.2) is 36.6 Å². The summed E-state index contributed by atoms with van der Waals surface area (Å²) >= 11 is 0. The van der Waals surface area contributed by atoms with Crippen LogP contribution in [0.2, 0.25) is 0 Å². The molecule has 2 heteroatoms. The van der Waals surface area contributed by atoms with Gasteiger partial charge in [0, 0.05) is 18.1 Å². The topological polar surface area (TPSA) is 15.3 Å². The molecule has 0 aromatic rings. The Bertz CT molecular complexity index is 211. The minimum atomic E-state index is 0.789. The van der Waals surface area contributed by atoms with E-state index in [1.54, 1.807) is 0 Å². The molecule has 2 atom stereocenters. The lowest BCUT2D eigenvalue weighted by Gasteiger charge is -2.38. The Balaban J connectivity index is 1.79. The smallest absolute Gasteiger partial charge is 0.0110 e. The normalized spacial score (nSPS) is 31.2. The summed E-state index contributed by atoms with van der Waals surface area (Å²) in [7, 11) is 2.38. The molecule has 1 N–H and O–H groups in total. The van der Waals surface area contributed by atoms with Gasteiger partial charge in [0.25, 0.3) is 0 Å². The largest absolute Gasteiger partial charge is 0.314 e. The standard InChI is InChI=1S/C15H30N2/c1-3-11-16-13-7-6-10-15(12-13)17(2)14-8-4-5-9-14/h13-16H,3-12H2,1-2H3. The second-order valence-corrected chi connectivity index (χ2v) is 6.08. The molecule has 0 radical (unpaired) electrons. The quantitative estimate of drug-likeness (QED) is 0.791. The number of nitrogens with zero attached hydrogens (tertiary/aromatic N) is 1. The number of rotatable bonds is 5. The van der Waals surface area contributed by atoms with Crippen molar-refractivity contribution in [1.29, 1.82) is 0 Å². The van der Waals surface area contributed by atoms with Crippen LogP contribution in [0.4, 0.5) is 0 Å². The SMILES string of the molecule is CCCNC1CCCC(N(C)C2CCCC2)C1. The first kappa shape index (κ1) is 13.4. The summed E-state index contributed by atoms with van der Waals surface area (Å²) in [4.78, 5) is 2.72. The van der Waals surface area contributed by atoms with Crippen LogP contribution < -0.4 is 5.32 Å². The average Bonchev–Trinajstić information content (AvgIpc) is 2.89. The Morgan fingerprint density at radius 2 is 1.71 bits per heavy atom. The fourth-order valence-electron chi connectivity index (χ4n) is 3.68. The van der Waals surface area contributed by atoms with Crippen molar-refractivity contribution in [3.05, 3.63) is 0 Å². The molecular weight excluding hydrogens is 208 g/mol. The van der Waals surface area contributed by atoms with Crippen molar-refractivity contribution in [2.45, 2.75) is 82.8 Å². The molecule has 17 heavy (non-hydrogen) atoms. The Morgan fingerprint density at radius 3 is 2.41 bits per heavy atom. The highest BCUT2D eigenvalue weighted by molar-refractivity contribution is 4.87. The molecule has 2 saturated carbocycles. The lowest BCUT2D eigenvalue weighted by Crippen LogP contribution is -2.46. The Hall–Kier alpha value is -0.0800. The minimum absolute atomic E-state index is 0.789. The van der Waals surface area contributed by atoms with Gasteiger partial charge < -0.3 is 10.2 Å². The molecule has 2 rings (SSSR count). The highest BCUT2D eigenvalue weighted by Gasteiger charge is 2.29. The van der Waals surface area contributed by atoms with E-state index in [2.05, 4.69) is 24.2 Å². The second kappa shape index (κ2) is 6.75. The monoisotopic (exact) mass is 238 g/mol. The van der Waals surface area contributed by atoms with Crippen LogP contribution in [0.15, 0.2) is 0 Å². The van der Waals surface area contributed by atoms with Gasteiger partial charge in [-0.05, 0) is 52.1 Å². The van der Waals surface area contributed by atoms with Crippen molar-refractivity contribution in [1.82, 2.24) is 10.2 Å². The molecular formula is C15H30N2. The molecule has 0 aromatic carbocycles. The third kappa shape index (κ3) is 3.69. The molecule has 0 aromatic heterocycles. The van der Waals surface area contributed by atoms with E-state index in [1.807, 2.05) is 0 Å². The maximum atomic E-state index is 3.72. The highest BCUT2D eigenvalue weighted by atomic mass is 15.2. The molecule has 2 aliphatic carbocycles. The van der Waals surface area contributed by atoms with E-state index in [1.165, 1.54) is 64.3 Å². The van der Waals surface area contributed by atoms with E-state index in [-0.39, 0.29) is 0 Å². The van der Waals surface area contributed by atoms with Crippen molar-refractivity contribution in [2.75, 3.05) is 13.6 Å². The molecule has 0 spiro atoms. The predicted molar refractivity (Wildman–Crippen MR) is 74.4 cm³/mol.